The van der Waals surface area contributed by atoms with Gasteiger partial charge in [-0.2, -0.15) is 0 Å². The molecule has 172 valence electrons. The summed E-state index contributed by atoms with van der Waals surface area (Å²) in [5.74, 6) is 1.43. The maximum atomic E-state index is 11.9. The number of hydrogen-bond acceptors (Lipinski definition) is 3. The van der Waals surface area contributed by atoms with Crippen molar-refractivity contribution in [2.24, 2.45) is 10.9 Å². The lowest BCUT2D eigenvalue weighted by Gasteiger charge is -2.17. The van der Waals surface area contributed by atoms with Gasteiger partial charge in [0.15, 0.2) is 5.96 Å². The van der Waals surface area contributed by atoms with Crippen molar-refractivity contribution in [1.29, 1.82) is 0 Å². The van der Waals surface area contributed by atoms with Gasteiger partial charge in [-0.25, -0.2) is 4.99 Å². The molecule has 0 radical (unpaired) electrons. The molecule has 1 atom stereocenters. The Balaban J connectivity index is 1.45. The number of hydrogen-bond donors (Lipinski definition) is 2. The number of rotatable bonds is 11. The largest absolute Gasteiger partial charge is 0.376 e. The van der Waals surface area contributed by atoms with E-state index in [0.717, 1.165) is 43.1 Å². The first-order valence-corrected chi connectivity index (χ1v) is 11.6. The molecule has 1 unspecified atom stereocenters. The summed E-state index contributed by atoms with van der Waals surface area (Å²) in [6, 6.07) is 18.6. The van der Waals surface area contributed by atoms with Gasteiger partial charge in [0.05, 0.1) is 19.8 Å². The summed E-state index contributed by atoms with van der Waals surface area (Å²) >= 11 is 0. The average molecular weight is 437 g/mol. The van der Waals surface area contributed by atoms with Crippen molar-refractivity contribution in [3.05, 3.63) is 71.3 Å². The Labute approximate surface area is 192 Å². The number of likely N-dealkylation sites (tertiary alicyclic amines) is 1. The second kappa shape index (κ2) is 12.9. The highest BCUT2D eigenvalue weighted by Crippen LogP contribution is 2.15. The predicted molar refractivity (Wildman–Crippen MR) is 129 cm³/mol. The van der Waals surface area contributed by atoms with E-state index in [0.29, 0.717) is 38.6 Å². The van der Waals surface area contributed by atoms with Crippen LogP contribution in [0.2, 0.25) is 0 Å². The fraction of sp³-hybridized carbons (Fsp3) is 0.462. The van der Waals surface area contributed by atoms with Crippen LogP contribution >= 0.6 is 0 Å². The maximum absolute atomic E-state index is 11.9. The van der Waals surface area contributed by atoms with Crippen molar-refractivity contribution in [2.75, 3.05) is 26.2 Å². The molecular formula is C26H36N4O2. The summed E-state index contributed by atoms with van der Waals surface area (Å²) in [7, 11) is 0. The molecule has 0 spiro atoms. The number of nitrogens with one attached hydrogen (secondary N) is 2. The third-order valence-electron chi connectivity index (χ3n) is 5.43. The smallest absolute Gasteiger partial charge is 0.222 e. The van der Waals surface area contributed by atoms with E-state index < -0.39 is 0 Å². The highest BCUT2D eigenvalue weighted by atomic mass is 16.5. The van der Waals surface area contributed by atoms with E-state index in [4.69, 9.17) is 9.73 Å². The number of ether oxygens (including phenoxy) is 1. The number of benzene rings is 2. The molecular weight excluding hydrogens is 400 g/mol. The molecule has 0 aromatic heterocycles. The van der Waals surface area contributed by atoms with Crippen LogP contribution in [0.1, 0.15) is 43.4 Å². The second-order valence-corrected chi connectivity index (χ2v) is 8.42. The summed E-state index contributed by atoms with van der Waals surface area (Å²) in [5.41, 5.74) is 3.50. The Morgan fingerprint density at radius 1 is 1.09 bits per heavy atom. The van der Waals surface area contributed by atoms with E-state index in [2.05, 4.69) is 54.8 Å². The topological polar surface area (TPSA) is 66.0 Å². The third kappa shape index (κ3) is 8.00. The monoisotopic (exact) mass is 436 g/mol. The summed E-state index contributed by atoms with van der Waals surface area (Å²) in [6.07, 6.45) is 1.65. The normalized spacial score (nSPS) is 15.1. The predicted octanol–water partition coefficient (Wildman–Crippen LogP) is 3.72. The van der Waals surface area contributed by atoms with Gasteiger partial charge in [-0.1, -0.05) is 61.5 Å². The van der Waals surface area contributed by atoms with E-state index in [9.17, 15) is 4.79 Å². The standard InChI is InChI=1S/C26H36N4O2/c1-3-27-26(28-16-21(2)19-32-20-22-9-5-4-6-10-22)29-17-23-11-7-12-24(15-23)18-30-14-8-13-25(30)31/h4-7,9-12,15,21H,3,8,13-14,16-20H2,1-2H3,(H2,27,28,29). The number of amides is 1. The van der Waals surface area contributed by atoms with Crippen molar-refractivity contribution in [2.45, 2.75) is 46.4 Å². The molecule has 6 heteroatoms. The Hall–Kier alpha value is -2.86. The Bertz CT molecular complexity index is 869. The highest BCUT2D eigenvalue weighted by Gasteiger charge is 2.19. The minimum absolute atomic E-state index is 0.258. The van der Waals surface area contributed by atoms with Gasteiger partial charge < -0.3 is 20.3 Å². The lowest BCUT2D eigenvalue weighted by atomic mass is 10.1. The van der Waals surface area contributed by atoms with Crippen LogP contribution in [0.5, 0.6) is 0 Å². The molecule has 6 nitrogen and oxygen atoms in total. The molecule has 2 aromatic rings. The fourth-order valence-electron chi connectivity index (χ4n) is 3.71. The van der Waals surface area contributed by atoms with E-state index in [1.54, 1.807) is 0 Å². The van der Waals surface area contributed by atoms with Gasteiger partial charge in [-0.15, -0.1) is 0 Å². The molecule has 1 saturated heterocycles. The molecule has 1 amide bonds. The van der Waals surface area contributed by atoms with Gasteiger partial charge in [0.2, 0.25) is 5.91 Å². The van der Waals surface area contributed by atoms with Crippen molar-refractivity contribution in [3.8, 4) is 0 Å². The van der Waals surface area contributed by atoms with E-state index >= 15 is 0 Å². The molecule has 0 saturated carbocycles. The Morgan fingerprint density at radius 3 is 2.62 bits per heavy atom. The van der Waals surface area contributed by atoms with E-state index in [-0.39, 0.29) is 5.91 Å². The summed E-state index contributed by atoms with van der Waals surface area (Å²) < 4.78 is 5.85. The van der Waals surface area contributed by atoms with Crippen molar-refractivity contribution < 1.29 is 9.53 Å². The Morgan fingerprint density at radius 2 is 1.88 bits per heavy atom. The van der Waals surface area contributed by atoms with Gasteiger partial charge in [0, 0.05) is 32.6 Å². The SMILES string of the molecule is CCNC(=NCc1cccc(CN2CCCC2=O)c1)NCC(C)COCc1ccccc1. The highest BCUT2D eigenvalue weighted by molar-refractivity contribution is 5.79. The van der Waals surface area contributed by atoms with Crippen LogP contribution in [0, 0.1) is 5.92 Å². The van der Waals surface area contributed by atoms with E-state index in [1.165, 1.54) is 5.56 Å². The first-order valence-electron chi connectivity index (χ1n) is 11.6. The van der Waals surface area contributed by atoms with Gasteiger partial charge in [-0.3, -0.25) is 4.79 Å². The van der Waals surface area contributed by atoms with Gasteiger partial charge in [-0.05, 0) is 36.0 Å². The van der Waals surface area contributed by atoms with Gasteiger partial charge >= 0.3 is 0 Å². The molecule has 1 fully saturated rings. The molecule has 3 rings (SSSR count). The lowest BCUT2D eigenvalue weighted by molar-refractivity contribution is -0.128. The minimum atomic E-state index is 0.258. The van der Waals surface area contributed by atoms with Crippen LogP contribution in [0.15, 0.2) is 59.6 Å². The molecule has 0 bridgehead atoms. The van der Waals surface area contributed by atoms with Gasteiger partial charge in [0.1, 0.15) is 0 Å². The zero-order chi connectivity index (χ0) is 22.6. The molecule has 2 N–H and O–H groups in total. The molecule has 1 aliphatic rings. The molecule has 2 aromatic carbocycles. The number of carbonyl (C=O) groups excluding carboxylic acids is 1. The minimum Gasteiger partial charge on any atom is -0.376 e. The molecule has 0 aliphatic carbocycles. The number of guanidine groups is 1. The van der Waals surface area contributed by atoms with Crippen molar-refractivity contribution >= 4 is 11.9 Å². The van der Waals surface area contributed by atoms with Crippen LogP contribution in [0.3, 0.4) is 0 Å². The van der Waals surface area contributed by atoms with Crippen LogP contribution in [0.25, 0.3) is 0 Å². The third-order valence-corrected chi connectivity index (χ3v) is 5.43. The molecule has 1 aliphatic heterocycles. The zero-order valence-electron chi connectivity index (χ0n) is 19.3. The fourth-order valence-corrected chi connectivity index (χ4v) is 3.71. The van der Waals surface area contributed by atoms with Crippen LogP contribution < -0.4 is 10.6 Å². The van der Waals surface area contributed by atoms with Crippen LogP contribution in [0.4, 0.5) is 0 Å². The van der Waals surface area contributed by atoms with Crippen LogP contribution in [-0.4, -0.2) is 43.0 Å². The molecule has 1 heterocycles. The first kappa shape index (κ1) is 23.8. The zero-order valence-corrected chi connectivity index (χ0v) is 19.3. The number of aliphatic imine (C=N–C) groups is 1. The summed E-state index contributed by atoms with van der Waals surface area (Å²) in [4.78, 5) is 18.6. The molecule has 32 heavy (non-hydrogen) atoms. The lowest BCUT2D eigenvalue weighted by Crippen LogP contribution is -2.40. The Kier molecular flexibility index (Phi) is 9.57. The summed E-state index contributed by atoms with van der Waals surface area (Å²) in [5, 5.41) is 6.74. The van der Waals surface area contributed by atoms with Crippen molar-refractivity contribution in [3.63, 3.8) is 0 Å². The average Bonchev–Trinajstić information content (AvgIpc) is 3.21. The van der Waals surface area contributed by atoms with Crippen LogP contribution in [-0.2, 0) is 29.2 Å². The first-order chi connectivity index (χ1) is 15.6. The maximum Gasteiger partial charge on any atom is 0.222 e. The number of nitrogens with zero attached hydrogens (tertiary/aromatic N) is 2. The van der Waals surface area contributed by atoms with Gasteiger partial charge in [0.25, 0.3) is 0 Å². The van der Waals surface area contributed by atoms with E-state index in [1.807, 2.05) is 29.2 Å². The summed E-state index contributed by atoms with van der Waals surface area (Å²) in [6.45, 7) is 9.31. The van der Waals surface area contributed by atoms with Crippen molar-refractivity contribution in [1.82, 2.24) is 15.5 Å². The number of carbonyl (C=O) groups is 1. The quantitative estimate of drug-likeness (QED) is 0.416. The second-order valence-electron chi connectivity index (χ2n) is 8.42.